The Bertz CT molecular complexity index is 3330. The maximum Gasteiger partial charge on any atom is 0.277 e. The van der Waals surface area contributed by atoms with Crippen LogP contribution in [0.5, 0.6) is 0 Å². The van der Waals surface area contributed by atoms with Crippen molar-refractivity contribution in [2.75, 3.05) is 52.9 Å². The molecule has 0 atom stereocenters. The number of hydrogen-bond acceptors (Lipinski definition) is 24. The van der Waals surface area contributed by atoms with Gasteiger partial charge in [-0.25, -0.2) is 19.9 Å². The van der Waals surface area contributed by atoms with Crippen LogP contribution >= 0.6 is 0 Å². The zero-order valence-electron chi connectivity index (χ0n) is 73.6. The molecule has 12 aliphatic rings. The number of nitrogens with zero attached hydrogens (tertiary/aromatic N) is 8. The van der Waals surface area contributed by atoms with E-state index in [1.807, 2.05) is 142 Å². The van der Waals surface area contributed by atoms with Crippen molar-refractivity contribution in [2.45, 2.75) is 215 Å². The first-order valence-corrected chi connectivity index (χ1v) is 41.1. The molecule has 32 heteroatoms. The van der Waals surface area contributed by atoms with Gasteiger partial charge in [0.05, 0.1) is 44.8 Å². The monoisotopic (exact) mass is 1650 g/mol. The molecule has 0 spiro atoms. The number of carbonyl (C=O) groups is 8. The Kier molecular flexibility index (Phi) is 72.5. The van der Waals surface area contributed by atoms with E-state index in [0.717, 1.165) is 111 Å². The van der Waals surface area contributed by atoms with Crippen molar-refractivity contribution in [1.82, 2.24) is 82.4 Å². The van der Waals surface area contributed by atoms with E-state index in [1.165, 1.54) is 128 Å². The van der Waals surface area contributed by atoms with Crippen molar-refractivity contribution in [3.05, 3.63) is 237 Å². The normalized spacial score (nSPS) is 14.4. The molecule has 0 unspecified atom stereocenters. The predicted molar refractivity (Wildman–Crippen MR) is 477 cm³/mol. The van der Waals surface area contributed by atoms with Crippen LogP contribution in [0.4, 0.5) is 0 Å². The molecule has 20 rings (SSSR count). The van der Waals surface area contributed by atoms with E-state index in [-0.39, 0.29) is 80.1 Å². The van der Waals surface area contributed by atoms with E-state index in [1.54, 1.807) is 42.7 Å². The van der Waals surface area contributed by atoms with Crippen LogP contribution in [0.3, 0.4) is 0 Å². The summed E-state index contributed by atoms with van der Waals surface area (Å²) in [6.45, 7) is 47.9. The topological polar surface area (TPSA) is 373 Å². The molecular formula is C88H128B4N16O12. The zero-order valence-corrected chi connectivity index (χ0v) is 73.6. The molecule has 4 fully saturated rings. The second-order valence-corrected chi connectivity index (χ2v) is 23.0. The molecule has 28 nitrogen and oxygen atoms in total. The molecule has 18 heterocycles. The highest BCUT2D eigenvalue weighted by molar-refractivity contribution is 6.22. The Balaban J connectivity index is -0.000000605. The summed E-state index contributed by atoms with van der Waals surface area (Å²) in [4.78, 5) is 118. The zero-order chi connectivity index (χ0) is 85.9. The van der Waals surface area contributed by atoms with Gasteiger partial charge in [-0.05, 0) is 122 Å². The number of imide groups is 4. The lowest BCUT2D eigenvalue weighted by atomic mass is 10.1. The highest BCUT2D eigenvalue weighted by Gasteiger charge is 2.30. The molecule has 644 valence electrons. The summed E-state index contributed by atoms with van der Waals surface area (Å²) in [6.07, 6.45) is 26.2. The largest absolute Gasteiger partial charge is 0.381 e. The summed E-state index contributed by atoms with van der Waals surface area (Å²) >= 11 is 0. The predicted octanol–water partition coefficient (Wildman–Crippen LogP) is 12.5. The molecule has 8 N–H and O–H groups in total. The van der Waals surface area contributed by atoms with Crippen molar-refractivity contribution < 1.29 is 57.3 Å². The first kappa shape index (κ1) is 116. The minimum Gasteiger partial charge on any atom is -0.381 e. The van der Waals surface area contributed by atoms with Gasteiger partial charge in [0.25, 0.3) is 47.3 Å². The third-order valence-electron chi connectivity index (χ3n) is 15.9. The third-order valence-corrected chi connectivity index (χ3v) is 15.9. The number of aromatic nitrogens is 8. The number of ether oxygens (including phenoxy) is 4. The lowest BCUT2D eigenvalue weighted by molar-refractivity contribution is 0.0861. The summed E-state index contributed by atoms with van der Waals surface area (Å²) in [7, 11) is 0. The van der Waals surface area contributed by atoms with Crippen molar-refractivity contribution in [2.24, 2.45) is 0 Å². The molecular weight excluding hydrogens is 1520 g/mol. The van der Waals surface area contributed by atoms with Crippen molar-refractivity contribution in [3.8, 4) is 0 Å². The fourth-order valence-electron chi connectivity index (χ4n) is 10.5. The van der Waals surface area contributed by atoms with E-state index in [0.29, 0.717) is 27.8 Å². The first-order chi connectivity index (χ1) is 57.0. The molecule has 12 aliphatic heterocycles. The molecule has 0 saturated carbocycles. The van der Waals surface area contributed by atoms with E-state index < -0.39 is 17.7 Å². The molecule has 0 bridgehead atoms. The van der Waals surface area contributed by atoms with Gasteiger partial charge in [0.1, 0.15) is 24.0 Å². The number of hydrogen-bond donors (Lipinski definition) is 8. The van der Waals surface area contributed by atoms with E-state index in [2.05, 4.69) is 119 Å². The summed E-state index contributed by atoms with van der Waals surface area (Å²) < 4.78 is 19.8. The van der Waals surface area contributed by atoms with Crippen molar-refractivity contribution in [1.29, 1.82) is 0 Å². The summed E-state index contributed by atoms with van der Waals surface area (Å²) in [5.74, 6) is -2.96. The van der Waals surface area contributed by atoms with Gasteiger partial charge in [-0.3, -0.25) is 79.6 Å². The standard InChI is InChI=1S/C8H5NO2.C8H9N.2C7H4N2O2.2C7H8N2.C6H3N3O2.C6H7N3.4C4H8O.8C2H6.4B/c10-7-5-3-1-2-4-6(5)8(11)9-7;1-2-4-8-6-9-5-7(8)3-1;10-6-4-1-2-8-3-5(4)7(11)9-6;10-6-4-2-1-3-8-5(4)7(11)9-6;1-2-8-4-7-5-9-3-6(1)7;1-2-6-4-8-5-7(6)9-3-1;10-5-3-1-7-2-8-4(3)6(11)9-5;1-5-2-8-4-9-6(5)3-7-1;4*1-2-4-5-3-1;8*1-2;;;;/h1-4H,(H,9,10,11);1-4,9H,5-6H2;2*1-3H,(H,9,10,11);1-2,4,9H,3,5H2;1-3,8H,4-5H2;1-2H,(H,9,10,11);2,4,7H,1,3H2;4*1-4H2;8*1-2H3;;;;. The minimum atomic E-state index is -0.451. The van der Waals surface area contributed by atoms with Crippen LogP contribution in [0.15, 0.2) is 147 Å². The lowest BCUT2D eigenvalue weighted by Crippen LogP contribution is -2.20. The van der Waals surface area contributed by atoms with Crippen LogP contribution in [0.2, 0.25) is 0 Å². The minimum absolute atomic E-state index is 0. The number of fused-ring (bicyclic) bond motifs is 8. The number of carbonyl (C=O) groups excluding carboxylic acids is 8. The van der Waals surface area contributed by atoms with Gasteiger partial charge in [-0.2, -0.15) is 0 Å². The van der Waals surface area contributed by atoms with Gasteiger partial charge in [-0.15, -0.1) is 0 Å². The molecule has 6 aromatic heterocycles. The number of pyridine rings is 4. The van der Waals surface area contributed by atoms with Crippen LogP contribution in [-0.4, -0.2) is 174 Å². The van der Waals surface area contributed by atoms with E-state index >= 15 is 0 Å². The van der Waals surface area contributed by atoms with E-state index in [9.17, 15) is 38.4 Å². The third kappa shape index (κ3) is 42.6. The fourth-order valence-corrected chi connectivity index (χ4v) is 10.5. The molecule has 120 heavy (non-hydrogen) atoms. The van der Waals surface area contributed by atoms with Gasteiger partial charge in [-0.1, -0.05) is 153 Å². The summed E-state index contributed by atoms with van der Waals surface area (Å²) in [5, 5.41) is 21.6. The van der Waals surface area contributed by atoms with Gasteiger partial charge < -0.3 is 40.2 Å². The molecule has 2 aromatic carbocycles. The van der Waals surface area contributed by atoms with Crippen molar-refractivity contribution in [3.63, 3.8) is 0 Å². The summed E-state index contributed by atoms with van der Waals surface area (Å²) in [6, 6.07) is 26.1. The van der Waals surface area contributed by atoms with Gasteiger partial charge in [0.15, 0.2) is 0 Å². The van der Waals surface area contributed by atoms with Crippen LogP contribution < -0.4 is 42.5 Å². The fraction of sp³-hybridized carbons (Fsp3) is 0.455. The van der Waals surface area contributed by atoms with E-state index in [4.69, 9.17) is 18.9 Å². The SMILES string of the molecule is C1CCOC1.C1CCOC1.C1CCOC1.C1CCOC1.CC.CC.CC.CC.CC.CC.CC.CC.O=C1NC(=O)c2ccccc21.O=C1NC(=O)c2cnccc21.O=C1NC(=O)c2ncccc21.O=C1NC(=O)c2ncncc21.[B].[B].[B].[B].c1cc2c(cn1)CNC2.c1ccc2c(c1)CNC2.c1cnc2c(c1)CNC2.c1ncc2c(n1)CNC2. The Morgan fingerprint density at radius 3 is 0.967 bits per heavy atom. The second-order valence-electron chi connectivity index (χ2n) is 23.0. The maximum atomic E-state index is 10.9. The highest BCUT2D eigenvalue weighted by Crippen LogP contribution is 2.18. The van der Waals surface area contributed by atoms with Crippen LogP contribution in [-0.2, 0) is 71.3 Å². The Hall–Kier alpha value is -10.3. The summed E-state index contributed by atoms with van der Waals surface area (Å²) in [5.41, 5.74) is 13.3. The smallest absolute Gasteiger partial charge is 0.277 e. The molecule has 8 amide bonds. The number of benzene rings is 2. The maximum absolute atomic E-state index is 10.9. The van der Waals surface area contributed by atoms with Gasteiger partial charge in [0.2, 0.25) is 0 Å². The first-order valence-electron chi connectivity index (χ1n) is 41.1. The quantitative estimate of drug-likeness (QED) is 0.0516. The Labute approximate surface area is 721 Å². The Morgan fingerprint density at radius 1 is 0.242 bits per heavy atom. The molecule has 12 radical (unpaired) electrons. The number of rotatable bonds is 0. The second kappa shape index (κ2) is 75.0. The van der Waals surface area contributed by atoms with Crippen LogP contribution in [0, 0.1) is 0 Å². The van der Waals surface area contributed by atoms with Crippen LogP contribution in [0.1, 0.15) is 290 Å². The van der Waals surface area contributed by atoms with Crippen LogP contribution in [0.25, 0.3) is 0 Å². The average molecular weight is 1650 g/mol. The molecule has 0 aliphatic carbocycles. The molecule has 8 aromatic rings. The number of amides is 8. The highest BCUT2D eigenvalue weighted by atomic mass is 16.5. The Morgan fingerprint density at radius 2 is 0.542 bits per heavy atom. The van der Waals surface area contributed by atoms with Gasteiger partial charge in [0, 0.05) is 194 Å². The molecule has 4 saturated heterocycles. The lowest BCUT2D eigenvalue weighted by Gasteiger charge is -1.91. The van der Waals surface area contributed by atoms with Crippen molar-refractivity contribution >= 4 is 80.9 Å². The number of nitrogens with one attached hydrogen (secondary N) is 8. The van der Waals surface area contributed by atoms with Gasteiger partial charge >= 0.3 is 0 Å². The average Bonchev–Trinajstić information content (AvgIpc) is 1.69.